The van der Waals surface area contributed by atoms with Gasteiger partial charge in [-0.05, 0) is 31.0 Å². The third kappa shape index (κ3) is 3.73. The van der Waals surface area contributed by atoms with Gasteiger partial charge in [-0.25, -0.2) is 0 Å². The molecule has 0 bridgehead atoms. The van der Waals surface area contributed by atoms with Crippen LogP contribution in [0, 0.1) is 0 Å². The van der Waals surface area contributed by atoms with E-state index in [2.05, 4.69) is 4.90 Å². The van der Waals surface area contributed by atoms with E-state index >= 15 is 0 Å². The first kappa shape index (κ1) is 17.2. The van der Waals surface area contributed by atoms with Crippen molar-refractivity contribution in [3.05, 3.63) is 29.8 Å². The number of benzene rings is 1. The second-order valence-corrected chi connectivity index (χ2v) is 6.69. The number of hydrogen-bond donors (Lipinski definition) is 0. The van der Waals surface area contributed by atoms with Crippen LogP contribution in [0.2, 0.25) is 0 Å². The summed E-state index contributed by atoms with van der Waals surface area (Å²) < 4.78 is 10.9. The van der Waals surface area contributed by atoms with Gasteiger partial charge in [0, 0.05) is 44.9 Å². The Kier molecular flexibility index (Phi) is 5.74. The number of carbonyl (C=O) groups is 1. The van der Waals surface area contributed by atoms with Gasteiger partial charge in [0.25, 0.3) is 5.91 Å². The zero-order valence-corrected chi connectivity index (χ0v) is 14.7. The van der Waals surface area contributed by atoms with Gasteiger partial charge in [0.2, 0.25) is 0 Å². The van der Waals surface area contributed by atoms with Crippen LogP contribution in [-0.4, -0.2) is 68.3 Å². The normalized spacial score (nSPS) is 25.5. The average molecular weight is 332 g/mol. The van der Waals surface area contributed by atoms with Gasteiger partial charge in [-0.15, -0.1) is 0 Å². The molecule has 5 nitrogen and oxygen atoms in total. The molecule has 1 aromatic rings. The van der Waals surface area contributed by atoms with Gasteiger partial charge in [0.1, 0.15) is 5.75 Å². The number of carbonyl (C=O) groups excluding carboxylic acids is 1. The largest absolute Gasteiger partial charge is 0.497 e. The highest BCUT2D eigenvalue weighted by atomic mass is 16.5. The van der Waals surface area contributed by atoms with E-state index in [0.717, 1.165) is 38.3 Å². The first-order valence-electron chi connectivity index (χ1n) is 8.93. The lowest BCUT2D eigenvalue weighted by molar-refractivity contribution is -0.0249. The molecule has 2 fully saturated rings. The third-order valence-corrected chi connectivity index (χ3v) is 5.36. The van der Waals surface area contributed by atoms with Gasteiger partial charge < -0.3 is 14.4 Å². The molecular formula is C19H28N2O3. The number of methoxy groups -OCH3 is 2. The van der Waals surface area contributed by atoms with E-state index in [0.29, 0.717) is 17.7 Å². The maximum Gasteiger partial charge on any atom is 0.254 e. The van der Waals surface area contributed by atoms with Crippen LogP contribution in [-0.2, 0) is 4.74 Å². The van der Waals surface area contributed by atoms with Crippen LogP contribution in [0.4, 0.5) is 0 Å². The van der Waals surface area contributed by atoms with Crippen LogP contribution in [0.1, 0.15) is 36.0 Å². The van der Waals surface area contributed by atoms with Crippen molar-refractivity contribution < 1.29 is 14.3 Å². The number of ether oxygens (including phenoxy) is 2. The summed E-state index contributed by atoms with van der Waals surface area (Å²) in [5, 5.41) is 0. The summed E-state index contributed by atoms with van der Waals surface area (Å²) in [5.41, 5.74) is 0.704. The van der Waals surface area contributed by atoms with Crippen molar-refractivity contribution in [2.24, 2.45) is 0 Å². The molecule has 132 valence electrons. The molecule has 0 aromatic heterocycles. The topological polar surface area (TPSA) is 42.0 Å². The fraction of sp³-hybridized carbons (Fsp3) is 0.632. The van der Waals surface area contributed by atoms with Gasteiger partial charge in [-0.1, -0.05) is 18.9 Å². The van der Waals surface area contributed by atoms with Gasteiger partial charge in [-0.3, -0.25) is 9.69 Å². The Morgan fingerprint density at radius 2 is 1.83 bits per heavy atom. The van der Waals surface area contributed by atoms with Crippen molar-refractivity contribution >= 4 is 5.91 Å². The van der Waals surface area contributed by atoms with Crippen LogP contribution >= 0.6 is 0 Å². The third-order valence-electron chi connectivity index (χ3n) is 5.36. The van der Waals surface area contributed by atoms with Crippen molar-refractivity contribution in [1.29, 1.82) is 0 Å². The molecule has 2 aliphatic rings. The number of amides is 1. The predicted octanol–water partition coefficient (Wildman–Crippen LogP) is 2.41. The summed E-state index contributed by atoms with van der Waals surface area (Å²) >= 11 is 0. The molecule has 0 spiro atoms. The van der Waals surface area contributed by atoms with Crippen LogP contribution in [0.5, 0.6) is 5.75 Å². The van der Waals surface area contributed by atoms with Crippen molar-refractivity contribution in [1.82, 2.24) is 9.80 Å². The van der Waals surface area contributed by atoms with Gasteiger partial charge in [-0.2, -0.15) is 0 Å². The second-order valence-electron chi connectivity index (χ2n) is 6.69. The molecule has 2 atom stereocenters. The van der Waals surface area contributed by atoms with Crippen molar-refractivity contribution in [2.75, 3.05) is 40.4 Å². The summed E-state index contributed by atoms with van der Waals surface area (Å²) in [4.78, 5) is 17.2. The lowest BCUT2D eigenvalue weighted by atomic mass is 9.90. The van der Waals surface area contributed by atoms with Crippen LogP contribution in [0.25, 0.3) is 0 Å². The number of rotatable bonds is 4. The Hall–Kier alpha value is -1.59. The number of piperazine rings is 1. The van der Waals surface area contributed by atoms with Gasteiger partial charge in [0.15, 0.2) is 0 Å². The monoisotopic (exact) mass is 332 g/mol. The van der Waals surface area contributed by atoms with Crippen molar-refractivity contribution in [3.8, 4) is 5.75 Å². The Labute approximate surface area is 144 Å². The molecule has 0 N–H and O–H groups in total. The minimum absolute atomic E-state index is 0.0977. The van der Waals surface area contributed by atoms with E-state index < -0.39 is 0 Å². The van der Waals surface area contributed by atoms with Gasteiger partial charge in [0.05, 0.1) is 13.2 Å². The molecule has 1 amide bonds. The van der Waals surface area contributed by atoms with Crippen LogP contribution < -0.4 is 4.74 Å². The molecule has 0 radical (unpaired) electrons. The zero-order chi connectivity index (χ0) is 16.9. The Morgan fingerprint density at radius 3 is 2.54 bits per heavy atom. The maximum absolute atomic E-state index is 12.7. The standard InChI is InChI=1S/C19H28N2O3/c1-23-16-7-5-6-15(14-16)19(22)21-12-10-20(11-13-21)17-8-3-4-9-18(17)24-2/h5-7,14,17-18H,3-4,8-13H2,1-2H3/t17-,18+/m0/s1. The van der Waals surface area contributed by atoms with E-state index in [9.17, 15) is 4.79 Å². The van der Waals surface area contributed by atoms with Crippen molar-refractivity contribution in [2.45, 2.75) is 37.8 Å². The van der Waals surface area contributed by atoms with E-state index in [1.165, 1.54) is 19.3 Å². The zero-order valence-electron chi connectivity index (χ0n) is 14.7. The molecule has 1 aliphatic carbocycles. The molecule has 24 heavy (non-hydrogen) atoms. The molecule has 1 aromatic carbocycles. The molecule has 1 saturated carbocycles. The minimum atomic E-state index is 0.0977. The SMILES string of the molecule is COc1cccc(C(=O)N2CCN([C@H]3CCCC[C@H]3OC)CC2)c1. The Bertz CT molecular complexity index is 555. The highest BCUT2D eigenvalue weighted by Gasteiger charge is 2.33. The molecule has 5 heteroatoms. The maximum atomic E-state index is 12.7. The molecule has 1 saturated heterocycles. The van der Waals surface area contributed by atoms with Gasteiger partial charge >= 0.3 is 0 Å². The van der Waals surface area contributed by atoms with Crippen molar-refractivity contribution in [3.63, 3.8) is 0 Å². The first-order valence-corrected chi connectivity index (χ1v) is 8.93. The molecule has 1 aliphatic heterocycles. The lowest BCUT2D eigenvalue weighted by Crippen LogP contribution is -2.55. The predicted molar refractivity (Wildman–Crippen MR) is 93.5 cm³/mol. The number of nitrogens with zero attached hydrogens (tertiary/aromatic N) is 2. The molecule has 1 heterocycles. The van der Waals surface area contributed by atoms with E-state index in [1.54, 1.807) is 7.11 Å². The summed E-state index contributed by atoms with van der Waals surface area (Å²) in [5.74, 6) is 0.824. The summed E-state index contributed by atoms with van der Waals surface area (Å²) in [6, 6.07) is 7.92. The van der Waals surface area contributed by atoms with E-state index in [4.69, 9.17) is 9.47 Å². The molecule has 0 unspecified atom stereocenters. The highest BCUT2D eigenvalue weighted by molar-refractivity contribution is 5.94. The number of hydrogen-bond acceptors (Lipinski definition) is 4. The van der Waals surface area contributed by atoms with Crippen LogP contribution in [0.15, 0.2) is 24.3 Å². The quantitative estimate of drug-likeness (QED) is 0.849. The highest BCUT2D eigenvalue weighted by Crippen LogP contribution is 2.26. The van der Waals surface area contributed by atoms with Crippen LogP contribution in [0.3, 0.4) is 0 Å². The molecule has 3 rings (SSSR count). The Morgan fingerprint density at radius 1 is 1.08 bits per heavy atom. The fourth-order valence-corrected chi connectivity index (χ4v) is 3.97. The second kappa shape index (κ2) is 7.99. The first-order chi connectivity index (χ1) is 11.7. The smallest absolute Gasteiger partial charge is 0.254 e. The average Bonchev–Trinajstić information content (AvgIpc) is 2.67. The summed E-state index contributed by atoms with van der Waals surface area (Å²) in [7, 11) is 3.45. The molecular weight excluding hydrogens is 304 g/mol. The minimum Gasteiger partial charge on any atom is -0.497 e. The summed E-state index contributed by atoms with van der Waals surface area (Å²) in [6.07, 6.45) is 5.27. The van der Waals surface area contributed by atoms with E-state index in [1.807, 2.05) is 36.3 Å². The fourth-order valence-electron chi connectivity index (χ4n) is 3.97. The Balaban J connectivity index is 1.59. The lowest BCUT2D eigenvalue weighted by Gasteiger charge is -2.43. The van der Waals surface area contributed by atoms with E-state index in [-0.39, 0.29) is 5.91 Å². The summed E-state index contributed by atoms with van der Waals surface area (Å²) in [6.45, 7) is 3.42.